The predicted octanol–water partition coefficient (Wildman–Crippen LogP) is 7.39. The highest BCUT2D eigenvalue weighted by Crippen LogP contribution is 2.28. The number of para-hydroxylation sites is 1. The van der Waals surface area contributed by atoms with Crippen molar-refractivity contribution in [3.8, 4) is 22.6 Å². The van der Waals surface area contributed by atoms with Crippen LogP contribution in [0.2, 0.25) is 0 Å². The van der Waals surface area contributed by atoms with Gasteiger partial charge in [0.2, 0.25) is 0 Å². The molecule has 0 fully saturated rings. The quantitative estimate of drug-likeness (QED) is 0.157. The molecule has 5 rings (SSSR count). The summed E-state index contributed by atoms with van der Waals surface area (Å²) in [7, 11) is 0. The van der Waals surface area contributed by atoms with E-state index in [-0.39, 0.29) is 23.2 Å². The molecule has 0 aliphatic carbocycles. The van der Waals surface area contributed by atoms with Crippen molar-refractivity contribution in [3.05, 3.63) is 135 Å². The van der Waals surface area contributed by atoms with E-state index in [1.807, 2.05) is 61.5 Å². The van der Waals surface area contributed by atoms with Crippen LogP contribution < -0.4 is 10.4 Å². The van der Waals surface area contributed by atoms with E-state index in [1.165, 1.54) is 20.9 Å². The third kappa shape index (κ3) is 7.62. The number of benzene rings is 4. The summed E-state index contributed by atoms with van der Waals surface area (Å²) >= 11 is 0. The fraction of sp³-hybridized carbons (Fsp3) is 0.289. The topological polar surface area (TPSA) is 86.4 Å². The normalized spacial score (nSPS) is 11.5. The monoisotopic (exact) mass is 621 g/mol. The van der Waals surface area contributed by atoms with Gasteiger partial charge in [0.15, 0.2) is 0 Å². The smallest absolute Gasteiger partial charge is 0.350 e. The van der Waals surface area contributed by atoms with Crippen molar-refractivity contribution in [1.82, 2.24) is 14.3 Å². The maximum absolute atomic E-state index is 14.9. The lowest BCUT2D eigenvalue weighted by Crippen LogP contribution is -2.25. The van der Waals surface area contributed by atoms with Crippen molar-refractivity contribution >= 4 is 5.97 Å². The molecule has 1 aromatic heterocycles. The van der Waals surface area contributed by atoms with Gasteiger partial charge in [-0.2, -0.15) is 5.10 Å². The zero-order valence-corrected chi connectivity index (χ0v) is 26.8. The standard InChI is InChI=1S/C38H40FN3O4/c1-5-46-34-22-19-29(23-30(34)24-36(43)44)28-17-13-26(14-18-28)9-8-12-35-40-41(25-27-15-20-31(21-16-27)38(2,3)4)37(45)42(35)33-11-7-6-10-32(33)39/h6-7,10-11,13-23H,5,8-9,12,24-25H2,1-4H3,(H,43,44). The van der Waals surface area contributed by atoms with E-state index in [9.17, 15) is 19.1 Å². The Morgan fingerprint density at radius 2 is 1.57 bits per heavy atom. The molecule has 0 saturated carbocycles. The van der Waals surface area contributed by atoms with Crippen LogP contribution in [0.15, 0.2) is 95.8 Å². The van der Waals surface area contributed by atoms with Crippen LogP contribution in [0.5, 0.6) is 5.75 Å². The van der Waals surface area contributed by atoms with Crippen LogP contribution in [0, 0.1) is 5.82 Å². The molecule has 0 spiro atoms. The van der Waals surface area contributed by atoms with Gasteiger partial charge in [0, 0.05) is 12.0 Å². The van der Waals surface area contributed by atoms with E-state index >= 15 is 0 Å². The summed E-state index contributed by atoms with van der Waals surface area (Å²) in [6.07, 6.45) is 1.81. The van der Waals surface area contributed by atoms with Gasteiger partial charge < -0.3 is 9.84 Å². The number of carboxylic acid groups (broad SMARTS) is 1. The molecule has 0 unspecified atom stereocenters. The van der Waals surface area contributed by atoms with Crippen molar-refractivity contribution in [2.45, 2.75) is 65.3 Å². The Labute approximate surface area is 268 Å². The fourth-order valence-electron chi connectivity index (χ4n) is 5.55. The number of aromatic nitrogens is 3. The van der Waals surface area contributed by atoms with Gasteiger partial charge in [0.25, 0.3) is 0 Å². The minimum Gasteiger partial charge on any atom is -0.494 e. The SMILES string of the molecule is CCOc1ccc(-c2ccc(CCCc3nn(Cc4ccc(C(C)(C)C)cc4)c(=O)n3-c3ccccc3F)cc2)cc1CC(=O)O. The van der Waals surface area contributed by atoms with Crippen LogP contribution in [0.1, 0.15) is 62.2 Å². The molecule has 0 atom stereocenters. The number of nitrogens with zero attached hydrogens (tertiary/aromatic N) is 3. The van der Waals surface area contributed by atoms with E-state index in [0.717, 1.165) is 28.7 Å². The Balaban J connectivity index is 1.33. The van der Waals surface area contributed by atoms with Gasteiger partial charge in [-0.15, -0.1) is 0 Å². The van der Waals surface area contributed by atoms with Gasteiger partial charge >= 0.3 is 11.7 Å². The Morgan fingerprint density at radius 1 is 0.891 bits per heavy atom. The second kappa shape index (κ2) is 14.0. The highest BCUT2D eigenvalue weighted by molar-refractivity contribution is 5.74. The highest BCUT2D eigenvalue weighted by atomic mass is 19.1. The number of hydrogen-bond acceptors (Lipinski definition) is 4. The Morgan fingerprint density at radius 3 is 2.22 bits per heavy atom. The summed E-state index contributed by atoms with van der Waals surface area (Å²) < 4.78 is 23.3. The Bertz CT molecular complexity index is 1870. The number of aliphatic carboxylic acids is 1. The van der Waals surface area contributed by atoms with Gasteiger partial charge in [0.05, 0.1) is 25.3 Å². The molecule has 5 aromatic rings. The lowest BCUT2D eigenvalue weighted by Gasteiger charge is -2.19. The summed E-state index contributed by atoms with van der Waals surface area (Å²) in [5, 5.41) is 14.0. The van der Waals surface area contributed by atoms with Crippen molar-refractivity contribution in [3.63, 3.8) is 0 Å². The maximum atomic E-state index is 14.9. The van der Waals surface area contributed by atoms with Gasteiger partial charge in [-0.3, -0.25) is 4.79 Å². The second-order valence-electron chi connectivity index (χ2n) is 12.5. The molecular formula is C38H40FN3O4. The molecule has 7 nitrogen and oxygen atoms in total. The minimum atomic E-state index is -0.909. The third-order valence-corrected chi connectivity index (χ3v) is 8.01. The van der Waals surface area contributed by atoms with Crippen molar-refractivity contribution in [1.29, 1.82) is 0 Å². The van der Waals surface area contributed by atoms with Crippen LogP contribution in [-0.2, 0) is 36.0 Å². The first kappa shape index (κ1) is 32.4. The molecule has 238 valence electrons. The lowest BCUT2D eigenvalue weighted by molar-refractivity contribution is -0.136. The molecular weight excluding hydrogens is 581 g/mol. The molecule has 1 N–H and O–H groups in total. The zero-order chi connectivity index (χ0) is 32.8. The summed E-state index contributed by atoms with van der Waals surface area (Å²) in [5.41, 5.74) is 5.63. The number of hydrogen-bond donors (Lipinski definition) is 1. The molecule has 0 amide bonds. The molecule has 0 aliphatic heterocycles. The third-order valence-electron chi connectivity index (χ3n) is 8.01. The van der Waals surface area contributed by atoms with Crippen LogP contribution in [0.4, 0.5) is 4.39 Å². The average molecular weight is 622 g/mol. The van der Waals surface area contributed by atoms with Gasteiger partial charge in [0.1, 0.15) is 17.4 Å². The highest BCUT2D eigenvalue weighted by Gasteiger charge is 2.19. The molecule has 0 aliphatic rings. The van der Waals surface area contributed by atoms with Crippen molar-refractivity contribution in [2.75, 3.05) is 6.61 Å². The minimum absolute atomic E-state index is 0.0239. The first-order valence-electron chi connectivity index (χ1n) is 15.6. The summed E-state index contributed by atoms with van der Waals surface area (Å²) in [5.74, 6) is -0.289. The van der Waals surface area contributed by atoms with E-state index < -0.39 is 11.8 Å². The van der Waals surface area contributed by atoms with E-state index in [0.29, 0.717) is 43.1 Å². The maximum Gasteiger partial charge on any atom is 0.350 e. The number of rotatable bonds is 12. The zero-order valence-electron chi connectivity index (χ0n) is 26.8. The van der Waals surface area contributed by atoms with Crippen LogP contribution in [0.25, 0.3) is 16.8 Å². The molecule has 4 aromatic carbocycles. The number of carbonyl (C=O) groups is 1. The van der Waals surface area contributed by atoms with E-state index in [4.69, 9.17) is 4.74 Å². The van der Waals surface area contributed by atoms with Crippen molar-refractivity contribution < 1.29 is 19.0 Å². The van der Waals surface area contributed by atoms with Crippen LogP contribution in [-0.4, -0.2) is 32.0 Å². The number of carboxylic acids is 1. The van der Waals surface area contributed by atoms with Gasteiger partial charge in [-0.1, -0.05) is 87.5 Å². The van der Waals surface area contributed by atoms with Gasteiger partial charge in [-0.25, -0.2) is 18.4 Å². The average Bonchev–Trinajstić information content (AvgIpc) is 3.32. The van der Waals surface area contributed by atoms with Crippen LogP contribution >= 0.6 is 0 Å². The fourth-order valence-corrected chi connectivity index (χ4v) is 5.55. The van der Waals surface area contributed by atoms with E-state index in [1.54, 1.807) is 18.2 Å². The molecule has 1 heterocycles. The summed E-state index contributed by atoms with van der Waals surface area (Å²) in [6.45, 7) is 9.09. The molecule has 8 heteroatoms. The molecule has 0 saturated heterocycles. The molecule has 0 bridgehead atoms. The second-order valence-corrected chi connectivity index (χ2v) is 12.5. The lowest BCUT2D eigenvalue weighted by atomic mass is 9.87. The molecule has 46 heavy (non-hydrogen) atoms. The first-order chi connectivity index (χ1) is 22.0. The summed E-state index contributed by atoms with van der Waals surface area (Å²) in [6, 6.07) is 28.2. The van der Waals surface area contributed by atoms with Crippen LogP contribution in [0.3, 0.4) is 0 Å². The largest absolute Gasteiger partial charge is 0.494 e. The van der Waals surface area contributed by atoms with Gasteiger partial charge in [-0.05, 0) is 77.3 Å². The summed E-state index contributed by atoms with van der Waals surface area (Å²) in [4.78, 5) is 25.0. The van der Waals surface area contributed by atoms with E-state index in [2.05, 4.69) is 38.0 Å². The van der Waals surface area contributed by atoms with Crippen molar-refractivity contribution in [2.24, 2.45) is 0 Å². The molecule has 0 radical (unpaired) electrons. The Kier molecular flexibility index (Phi) is 9.85. The predicted molar refractivity (Wildman–Crippen MR) is 178 cm³/mol. The number of halogens is 1. The Hall–Kier alpha value is -4.98. The first-order valence-corrected chi connectivity index (χ1v) is 15.6. The number of aryl methyl sites for hydroxylation is 2. The number of ether oxygens (including phenoxy) is 1.